The third-order valence-corrected chi connectivity index (χ3v) is 4.49. The first-order chi connectivity index (χ1) is 13.5. The standard InChI is InChI=1S/C20H30N4O4/c1-14(2)11-17(23-20(27)28-13-15-7-4-3-5-8-15)19(26)24-22-12-16-9-6-10-21-18(16)25/h3-5,7-8,14,16-17,22H,6,9-13H2,1-2H3,(H,21,25)(H,23,27)(H,24,26)/t16?,17-/m0/s1. The predicted molar refractivity (Wildman–Crippen MR) is 105 cm³/mol. The van der Waals surface area contributed by atoms with Crippen molar-refractivity contribution in [2.75, 3.05) is 13.1 Å². The van der Waals surface area contributed by atoms with E-state index in [1.165, 1.54) is 0 Å². The van der Waals surface area contributed by atoms with Crippen LogP contribution in [0.5, 0.6) is 0 Å². The molecular formula is C20H30N4O4. The zero-order valence-electron chi connectivity index (χ0n) is 16.5. The number of hydrogen-bond acceptors (Lipinski definition) is 5. The SMILES string of the molecule is CC(C)C[C@H](NC(=O)OCc1ccccc1)C(=O)NNCC1CCCNC1=O. The monoisotopic (exact) mass is 390 g/mol. The van der Waals surface area contributed by atoms with Gasteiger partial charge in [0, 0.05) is 13.1 Å². The Morgan fingerprint density at radius 1 is 1.25 bits per heavy atom. The molecule has 0 radical (unpaired) electrons. The largest absolute Gasteiger partial charge is 0.445 e. The summed E-state index contributed by atoms with van der Waals surface area (Å²) in [5.74, 6) is -0.327. The van der Waals surface area contributed by atoms with Crippen LogP contribution in [0.3, 0.4) is 0 Å². The molecule has 0 saturated carbocycles. The number of carbonyl (C=O) groups is 3. The number of rotatable bonds is 9. The van der Waals surface area contributed by atoms with Crippen molar-refractivity contribution in [1.82, 2.24) is 21.5 Å². The number of benzene rings is 1. The highest BCUT2D eigenvalue weighted by atomic mass is 16.5. The van der Waals surface area contributed by atoms with Crippen LogP contribution in [0.2, 0.25) is 0 Å². The van der Waals surface area contributed by atoms with Crippen molar-refractivity contribution in [2.24, 2.45) is 11.8 Å². The molecule has 3 amide bonds. The number of carbonyl (C=O) groups excluding carboxylic acids is 3. The fourth-order valence-electron chi connectivity index (χ4n) is 2.99. The molecule has 1 aliphatic rings. The molecule has 1 aromatic rings. The lowest BCUT2D eigenvalue weighted by molar-refractivity contribution is -0.128. The Morgan fingerprint density at radius 3 is 2.68 bits per heavy atom. The van der Waals surface area contributed by atoms with Gasteiger partial charge in [-0.15, -0.1) is 0 Å². The van der Waals surface area contributed by atoms with Crippen molar-refractivity contribution < 1.29 is 19.1 Å². The van der Waals surface area contributed by atoms with Crippen LogP contribution in [0.1, 0.15) is 38.7 Å². The zero-order valence-corrected chi connectivity index (χ0v) is 16.5. The summed E-state index contributed by atoms with van der Waals surface area (Å²) in [4.78, 5) is 36.3. The van der Waals surface area contributed by atoms with E-state index in [4.69, 9.17) is 4.74 Å². The molecule has 1 aromatic carbocycles. The predicted octanol–water partition coefficient (Wildman–Crippen LogP) is 1.47. The molecule has 8 heteroatoms. The lowest BCUT2D eigenvalue weighted by atomic mass is 9.99. The number of hydrogen-bond donors (Lipinski definition) is 4. The van der Waals surface area contributed by atoms with E-state index >= 15 is 0 Å². The van der Waals surface area contributed by atoms with E-state index in [0.717, 1.165) is 18.4 Å². The Labute approximate surface area is 165 Å². The minimum atomic E-state index is -0.726. The number of alkyl carbamates (subject to hydrolysis) is 1. The van der Waals surface area contributed by atoms with Gasteiger partial charge in [-0.25, -0.2) is 10.2 Å². The first-order valence-electron chi connectivity index (χ1n) is 9.73. The van der Waals surface area contributed by atoms with Crippen LogP contribution in [-0.2, 0) is 20.9 Å². The minimum absolute atomic E-state index is 0.00524. The van der Waals surface area contributed by atoms with E-state index in [-0.39, 0.29) is 30.3 Å². The second-order valence-electron chi connectivity index (χ2n) is 7.39. The molecule has 1 unspecified atom stereocenters. The average molecular weight is 390 g/mol. The lowest BCUT2D eigenvalue weighted by Crippen LogP contribution is -2.53. The van der Waals surface area contributed by atoms with Crippen molar-refractivity contribution in [3.8, 4) is 0 Å². The van der Waals surface area contributed by atoms with Gasteiger partial charge in [0.05, 0.1) is 5.92 Å². The van der Waals surface area contributed by atoms with Crippen molar-refractivity contribution in [3.05, 3.63) is 35.9 Å². The Kier molecular flexibility index (Phi) is 8.74. The summed E-state index contributed by atoms with van der Waals surface area (Å²) >= 11 is 0. The maximum atomic E-state index is 12.5. The second kappa shape index (κ2) is 11.3. The highest BCUT2D eigenvalue weighted by Crippen LogP contribution is 2.10. The molecule has 4 N–H and O–H groups in total. The Morgan fingerprint density at radius 2 is 2.00 bits per heavy atom. The molecule has 154 valence electrons. The highest BCUT2D eigenvalue weighted by molar-refractivity contribution is 5.85. The first-order valence-corrected chi connectivity index (χ1v) is 9.73. The highest BCUT2D eigenvalue weighted by Gasteiger charge is 2.24. The normalized spacial score (nSPS) is 17.5. The zero-order chi connectivity index (χ0) is 20.4. The Bertz CT molecular complexity index is 651. The number of hydrazine groups is 1. The van der Waals surface area contributed by atoms with Gasteiger partial charge < -0.3 is 15.4 Å². The molecule has 0 bridgehead atoms. The molecule has 1 aliphatic heterocycles. The topological polar surface area (TPSA) is 109 Å². The van der Waals surface area contributed by atoms with Gasteiger partial charge in [0.1, 0.15) is 12.6 Å². The van der Waals surface area contributed by atoms with Crippen LogP contribution in [0.4, 0.5) is 4.79 Å². The fraction of sp³-hybridized carbons (Fsp3) is 0.550. The molecule has 1 fully saturated rings. The summed E-state index contributed by atoms with van der Waals surface area (Å²) in [7, 11) is 0. The number of piperidine rings is 1. The first kappa shape index (κ1) is 21.7. The van der Waals surface area contributed by atoms with Gasteiger partial charge in [0.2, 0.25) is 5.91 Å². The molecule has 8 nitrogen and oxygen atoms in total. The smallest absolute Gasteiger partial charge is 0.408 e. The Hall–Kier alpha value is -2.61. The van der Waals surface area contributed by atoms with Crippen LogP contribution >= 0.6 is 0 Å². The second-order valence-corrected chi connectivity index (χ2v) is 7.39. The fourth-order valence-corrected chi connectivity index (χ4v) is 2.99. The third-order valence-electron chi connectivity index (χ3n) is 4.49. The van der Waals surface area contributed by atoms with Gasteiger partial charge in [-0.1, -0.05) is 44.2 Å². The van der Waals surface area contributed by atoms with Crippen LogP contribution < -0.4 is 21.5 Å². The molecule has 0 aromatic heterocycles. The molecule has 1 heterocycles. The maximum absolute atomic E-state index is 12.5. The summed E-state index contributed by atoms with van der Waals surface area (Å²) in [6.45, 7) is 5.13. The molecule has 0 spiro atoms. The lowest BCUT2D eigenvalue weighted by Gasteiger charge is -2.23. The molecule has 2 rings (SSSR count). The van der Waals surface area contributed by atoms with E-state index in [1.54, 1.807) is 0 Å². The van der Waals surface area contributed by atoms with Gasteiger partial charge in [-0.2, -0.15) is 0 Å². The Balaban J connectivity index is 1.79. The minimum Gasteiger partial charge on any atom is -0.445 e. The average Bonchev–Trinajstić information content (AvgIpc) is 2.68. The number of amides is 3. The van der Waals surface area contributed by atoms with Crippen molar-refractivity contribution in [2.45, 2.75) is 45.8 Å². The van der Waals surface area contributed by atoms with Crippen LogP contribution in [0.15, 0.2) is 30.3 Å². The quantitative estimate of drug-likeness (QED) is 0.478. The molecule has 2 atom stereocenters. The third kappa shape index (κ3) is 7.56. The van der Waals surface area contributed by atoms with Crippen molar-refractivity contribution in [3.63, 3.8) is 0 Å². The van der Waals surface area contributed by atoms with Gasteiger partial charge >= 0.3 is 6.09 Å². The molecule has 1 saturated heterocycles. The maximum Gasteiger partial charge on any atom is 0.408 e. The van der Waals surface area contributed by atoms with Crippen molar-refractivity contribution >= 4 is 17.9 Å². The summed E-state index contributed by atoms with van der Waals surface area (Å²) in [6, 6.07) is 8.61. The molecule has 28 heavy (non-hydrogen) atoms. The van der Waals surface area contributed by atoms with Gasteiger partial charge in [0.15, 0.2) is 0 Å². The summed E-state index contributed by atoms with van der Waals surface area (Å²) in [5.41, 5.74) is 6.28. The van der Waals surface area contributed by atoms with E-state index in [1.807, 2.05) is 44.2 Å². The van der Waals surface area contributed by atoms with Crippen molar-refractivity contribution in [1.29, 1.82) is 0 Å². The number of nitrogens with one attached hydrogen (secondary N) is 4. The summed E-state index contributed by atoms with van der Waals surface area (Å²) in [6.07, 6.45) is 1.54. The van der Waals surface area contributed by atoms with Crippen LogP contribution in [-0.4, -0.2) is 37.0 Å². The summed E-state index contributed by atoms with van der Waals surface area (Å²) in [5, 5.41) is 5.43. The van der Waals surface area contributed by atoms with Crippen LogP contribution in [0, 0.1) is 11.8 Å². The summed E-state index contributed by atoms with van der Waals surface area (Å²) < 4.78 is 5.20. The molecule has 0 aliphatic carbocycles. The molecular weight excluding hydrogens is 360 g/mol. The number of ether oxygens (including phenoxy) is 1. The van der Waals surface area contributed by atoms with Gasteiger partial charge in [-0.05, 0) is 30.7 Å². The van der Waals surface area contributed by atoms with Gasteiger partial charge in [-0.3, -0.25) is 15.0 Å². The van der Waals surface area contributed by atoms with Gasteiger partial charge in [0.25, 0.3) is 5.91 Å². The van der Waals surface area contributed by atoms with E-state index in [9.17, 15) is 14.4 Å². The van der Waals surface area contributed by atoms with E-state index < -0.39 is 12.1 Å². The van der Waals surface area contributed by atoms with E-state index in [2.05, 4.69) is 21.5 Å². The van der Waals surface area contributed by atoms with Crippen LogP contribution in [0.25, 0.3) is 0 Å². The van der Waals surface area contributed by atoms with E-state index in [0.29, 0.717) is 19.5 Å².